The predicted molar refractivity (Wildman–Crippen MR) is 45.7 cm³/mol. The summed E-state index contributed by atoms with van der Waals surface area (Å²) >= 11 is 0. The molecule has 74 valence electrons. The second-order valence-electron chi connectivity index (χ2n) is 2.51. The Bertz CT molecular complexity index is 380. The molecule has 1 rings (SSSR count). The molecular weight excluding hydrogens is 209 g/mol. The van der Waals surface area contributed by atoms with Crippen LogP contribution in [0.2, 0.25) is 0 Å². The minimum Gasteiger partial charge on any atom is -0.593 e. The van der Waals surface area contributed by atoms with Crippen molar-refractivity contribution in [3.8, 4) is 0 Å². The van der Waals surface area contributed by atoms with Crippen LogP contribution in [-0.2, 0) is 4.57 Å². The Hall–Kier alpha value is -1.36. The zero-order valence-corrected chi connectivity index (χ0v) is 7.76. The van der Waals surface area contributed by atoms with Crippen LogP contribution in [0.3, 0.4) is 0 Å². The van der Waals surface area contributed by atoms with Crippen LogP contribution in [0.25, 0.3) is 0 Å². The summed E-state index contributed by atoms with van der Waals surface area (Å²) in [6, 6.07) is 4.86. The van der Waals surface area contributed by atoms with E-state index in [0.717, 1.165) is 6.07 Å². The van der Waals surface area contributed by atoms with Crippen LogP contribution in [0.5, 0.6) is 0 Å². The molecule has 0 amide bonds. The van der Waals surface area contributed by atoms with E-state index in [1.54, 1.807) is 0 Å². The van der Waals surface area contributed by atoms with Crippen molar-refractivity contribution >= 4 is 13.7 Å². The quantitative estimate of drug-likeness (QED) is 0.453. The Morgan fingerprint density at radius 2 is 2.14 bits per heavy atom. The number of nitrogens with zero attached hydrogens (tertiary/aromatic N) is 1. The number of hydrogen-bond donors (Lipinski definition) is 1. The van der Waals surface area contributed by atoms with Gasteiger partial charge in [-0.3, -0.25) is 10.1 Å². The van der Waals surface area contributed by atoms with Gasteiger partial charge in [-0.05, 0) is 0 Å². The van der Waals surface area contributed by atoms with Gasteiger partial charge in [-0.15, -0.1) is 0 Å². The molecule has 0 aliphatic heterocycles. The molecule has 1 unspecified atom stereocenters. The van der Waals surface area contributed by atoms with Crippen molar-refractivity contribution < 1.29 is 19.5 Å². The predicted octanol–water partition coefficient (Wildman–Crippen LogP) is 0.688. The number of nitro benzene ring substituents is 1. The molecular formula is C7H6NO5P. The summed E-state index contributed by atoms with van der Waals surface area (Å²) in [6.45, 7) is 0. The van der Waals surface area contributed by atoms with Gasteiger partial charge in [0.2, 0.25) is 0 Å². The van der Waals surface area contributed by atoms with Crippen LogP contribution in [0.1, 0.15) is 11.4 Å². The topological polar surface area (TPSA) is 104 Å². The lowest BCUT2D eigenvalue weighted by Crippen LogP contribution is -2.00. The van der Waals surface area contributed by atoms with E-state index in [4.69, 9.17) is 5.11 Å². The first-order valence-electron chi connectivity index (χ1n) is 3.58. The molecule has 2 atom stereocenters. The molecule has 0 fully saturated rings. The Morgan fingerprint density at radius 3 is 2.64 bits per heavy atom. The first-order chi connectivity index (χ1) is 6.52. The Balaban J connectivity index is 3.05. The third kappa shape index (κ3) is 2.32. The van der Waals surface area contributed by atoms with E-state index in [1.807, 2.05) is 0 Å². The van der Waals surface area contributed by atoms with Crippen molar-refractivity contribution in [2.45, 2.75) is 5.85 Å². The molecule has 7 heteroatoms. The maximum atomic E-state index is 10.4. The van der Waals surface area contributed by atoms with Gasteiger partial charge in [-0.25, -0.2) is 0 Å². The maximum Gasteiger partial charge on any atom is 0.346 e. The Labute approximate surface area is 79.8 Å². The molecule has 1 aromatic carbocycles. The highest BCUT2D eigenvalue weighted by Crippen LogP contribution is 2.32. The normalized spacial score (nSPS) is 13.4. The highest BCUT2D eigenvalue weighted by molar-refractivity contribution is 7.36. The molecule has 0 saturated heterocycles. The first kappa shape index (κ1) is 10.7. The third-order valence-electron chi connectivity index (χ3n) is 1.58. The van der Waals surface area contributed by atoms with Crippen LogP contribution < -0.4 is 4.89 Å². The molecule has 1 aromatic rings. The molecule has 6 nitrogen and oxygen atoms in total. The van der Waals surface area contributed by atoms with Gasteiger partial charge in [0, 0.05) is 17.7 Å². The largest absolute Gasteiger partial charge is 0.593 e. The fourth-order valence-corrected chi connectivity index (χ4v) is 1.32. The molecule has 0 spiro atoms. The summed E-state index contributed by atoms with van der Waals surface area (Å²) in [6.07, 6.45) is 0. The number of hydrogen-bond acceptors (Lipinski definition) is 5. The van der Waals surface area contributed by atoms with E-state index in [2.05, 4.69) is 0 Å². The summed E-state index contributed by atoms with van der Waals surface area (Å²) < 4.78 is 10.4. The number of aliphatic hydroxyl groups excluding tert-OH is 1. The van der Waals surface area contributed by atoms with Crippen molar-refractivity contribution in [2.24, 2.45) is 0 Å². The minimum atomic E-state index is -3.04. The maximum absolute atomic E-state index is 10.4. The number of benzene rings is 1. The van der Waals surface area contributed by atoms with Gasteiger partial charge in [0.1, 0.15) is 0 Å². The lowest BCUT2D eigenvalue weighted by atomic mass is 10.2. The number of aliphatic hydroxyl groups is 1. The average molecular weight is 215 g/mol. The van der Waals surface area contributed by atoms with E-state index < -0.39 is 18.8 Å². The van der Waals surface area contributed by atoms with Crippen molar-refractivity contribution in [1.82, 2.24) is 0 Å². The molecule has 14 heavy (non-hydrogen) atoms. The van der Waals surface area contributed by atoms with Gasteiger partial charge in [-0.2, -0.15) is 0 Å². The monoisotopic (exact) mass is 215 g/mol. The van der Waals surface area contributed by atoms with E-state index >= 15 is 0 Å². The molecule has 0 heterocycles. The number of non-ortho nitro benzene ring substituents is 1. The van der Waals surface area contributed by atoms with Crippen LogP contribution >= 0.6 is 8.03 Å². The molecule has 0 saturated carbocycles. The molecule has 0 radical (unpaired) electrons. The zero-order valence-electron chi connectivity index (χ0n) is 6.86. The van der Waals surface area contributed by atoms with Crippen LogP contribution in [-0.4, -0.2) is 10.0 Å². The SMILES string of the molecule is O=[N+]([O-])c1cccc([C@H](O)[P+](=O)[O-])c1. The molecule has 0 aliphatic rings. The average Bonchev–Trinajstić information content (AvgIpc) is 2.16. The van der Waals surface area contributed by atoms with Crippen molar-refractivity contribution in [3.05, 3.63) is 39.9 Å². The van der Waals surface area contributed by atoms with E-state index in [0.29, 0.717) is 0 Å². The van der Waals surface area contributed by atoms with Gasteiger partial charge in [0.15, 0.2) is 0 Å². The van der Waals surface area contributed by atoms with Crippen LogP contribution in [0, 0.1) is 10.1 Å². The molecule has 0 bridgehead atoms. The second kappa shape index (κ2) is 4.23. The molecule has 0 aromatic heterocycles. The lowest BCUT2D eigenvalue weighted by molar-refractivity contribution is -0.385. The zero-order chi connectivity index (χ0) is 10.7. The highest BCUT2D eigenvalue weighted by Gasteiger charge is 2.21. The Morgan fingerprint density at radius 1 is 1.50 bits per heavy atom. The highest BCUT2D eigenvalue weighted by atomic mass is 31.1. The summed E-state index contributed by atoms with van der Waals surface area (Å²) in [5.74, 6) is -1.69. The lowest BCUT2D eigenvalue weighted by Gasteiger charge is -2.01. The second-order valence-corrected chi connectivity index (χ2v) is 3.57. The van der Waals surface area contributed by atoms with Gasteiger partial charge in [-0.1, -0.05) is 16.7 Å². The standard InChI is InChI=1S/C7H6NO5P/c9-7(14(12)13)5-2-1-3-6(4-5)8(10)11/h1-4,7,9H/t7-/m1/s1. The van der Waals surface area contributed by atoms with E-state index in [-0.39, 0.29) is 11.3 Å². The van der Waals surface area contributed by atoms with Crippen molar-refractivity contribution in [3.63, 3.8) is 0 Å². The van der Waals surface area contributed by atoms with Gasteiger partial charge in [0.25, 0.3) is 11.5 Å². The van der Waals surface area contributed by atoms with Crippen LogP contribution in [0.15, 0.2) is 24.3 Å². The minimum absolute atomic E-state index is 0.00434. The van der Waals surface area contributed by atoms with Crippen LogP contribution in [0.4, 0.5) is 5.69 Å². The number of rotatable bonds is 3. The number of nitro groups is 1. The van der Waals surface area contributed by atoms with E-state index in [1.165, 1.54) is 18.2 Å². The van der Waals surface area contributed by atoms with Crippen molar-refractivity contribution in [2.75, 3.05) is 0 Å². The summed E-state index contributed by atoms with van der Waals surface area (Å²) in [5, 5.41) is 19.4. The molecule has 0 aliphatic carbocycles. The fourth-order valence-electron chi connectivity index (χ4n) is 0.921. The van der Waals surface area contributed by atoms with Gasteiger partial charge >= 0.3 is 8.03 Å². The smallest absolute Gasteiger partial charge is 0.346 e. The van der Waals surface area contributed by atoms with Gasteiger partial charge in [0.05, 0.1) is 4.92 Å². The summed E-state index contributed by atoms with van der Waals surface area (Å²) in [4.78, 5) is 20.1. The Kier molecular flexibility index (Phi) is 3.24. The first-order valence-corrected chi connectivity index (χ1v) is 4.83. The molecule has 1 N–H and O–H groups in total. The third-order valence-corrected chi connectivity index (χ3v) is 2.28. The van der Waals surface area contributed by atoms with Crippen molar-refractivity contribution in [1.29, 1.82) is 0 Å². The summed E-state index contributed by atoms with van der Waals surface area (Å²) in [5.41, 5.74) is -0.256. The van der Waals surface area contributed by atoms with Gasteiger partial charge < -0.3 is 10.00 Å². The summed E-state index contributed by atoms with van der Waals surface area (Å²) in [7, 11) is -3.04. The fraction of sp³-hybridized carbons (Fsp3) is 0.143. The van der Waals surface area contributed by atoms with E-state index in [9.17, 15) is 19.6 Å².